The molecule has 2 N–H and O–H groups in total. The van der Waals surface area contributed by atoms with Gasteiger partial charge in [0, 0.05) is 19.5 Å². The van der Waals surface area contributed by atoms with Crippen molar-refractivity contribution in [3.05, 3.63) is 16.0 Å². The van der Waals surface area contributed by atoms with Crippen LogP contribution in [0.25, 0.3) is 0 Å². The molecule has 0 aliphatic rings. The van der Waals surface area contributed by atoms with Crippen LogP contribution in [0.3, 0.4) is 0 Å². The highest BCUT2D eigenvalue weighted by molar-refractivity contribution is 5.25. The highest BCUT2D eigenvalue weighted by Crippen LogP contribution is 2.15. The first-order chi connectivity index (χ1) is 6.91. The summed E-state index contributed by atoms with van der Waals surface area (Å²) >= 11 is 0. The molecule has 1 rings (SSSR count). The number of hydrogen-bond donors (Lipinski definition) is 2. The van der Waals surface area contributed by atoms with Gasteiger partial charge in [-0.3, -0.25) is 4.79 Å². The number of nitrogens with one attached hydrogen (secondary N) is 2. The second-order valence-electron chi connectivity index (χ2n) is 4.24. The predicted octanol–water partition coefficient (Wildman–Crippen LogP) is 0.151. The van der Waals surface area contributed by atoms with Gasteiger partial charge in [-0.15, -0.1) is 10.2 Å². The molecule has 1 aromatic heterocycles. The van der Waals surface area contributed by atoms with Gasteiger partial charge in [0.25, 0.3) is 5.56 Å². The molecule has 0 aliphatic carbocycles. The zero-order valence-electron chi connectivity index (χ0n) is 9.75. The minimum Gasteiger partial charge on any atom is -0.356 e. The summed E-state index contributed by atoms with van der Waals surface area (Å²) in [4.78, 5) is 12.0. The summed E-state index contributed by atoms with van der Waals surface area (Å²) < 4.78 is 1.34. The summed E-state index contributed by atoms with van der Waals surface area (Å²) in [5, 5.41) is 10.7. The van der Waals surface area contributed by atoms with Gasteiger partial charge < -0.3 is 10.7 Å². The van der Waals surface area contributed by atoms with E-state index in [2.05, 4.69) is 20.9 Å². The molecule has 0 aromatic carbocycles. The van der Waals surface area contributed by atoms with Crippen molar-refractivity contribution < 1.29 is 0 Å². The van der Waals surface area contributed by atoms with E-state index in [0.717, 1.165) is 0 Å². The molecular weight excluding hydrogens is 194 g/mol. The predicted molar refractivity (Wildman–Crippen MR) is 59.8 cm³/mol. The largest absolute Gasteiger partial charge is 0.356 e. The number of rotatable bonds is 2. The first-order valence-electron chi connectivity index (χ1n) is 4.77. The Morgan fingerprint density at radius 1 is 1.20 bits per heavy atom. The van der Waals surface area contributed by atoms with E-state index in [4.69, 9.17) is 0 Å². The van der Waals surface area contributed by atoms with E-state index in [1.54, 1.807) is 14.1 Å². The van der Waals surface area contributed by atoms with Crippen molar-refractivity contribution in [2.45, 2.75) is 26.2 Å². The number of hydrogen-bond acceptors (Lipinski definition) is 5. The van der Waals surface area contributed by atoms with Gasteiger partial charge in [0.05, 0.1) is 0 Å². The second kappa shape index (κ2) is 3.88. The molecule has 1 heterocycles. The lowest BCUT2D eigenvalue weighted by Crippen LogP contribution is -2.37. The molecule has 0 aliphatic heterocycles. The van der Waals surface area contributed by atoms with Gasteiger partial charge in [-0.2, -0.15) is 4.68 Å². The molecule has 15 heavy (non-hydrogen) atoms. The summed E-state index contributed by atoms with van der Waals surface area (Å²) in [6, 6.07) is 0. The fraction of sp³-hybridized carbons (Fsp3) is 0.667. The Hall–Kier alpha value is -1.59. The second-order valence-corrected chi connectivity index (χ2v) is 4.24. The van der Waals surface area contributed by atoms with Crippen molar-refractivity contribution >= 4 is 5.95 Å². The Labute approximate surface area is 88.7 Å². The van der Waals surface area contributed by atoms with E-state index in [0.29, 0.717) is 11.6 Å². The lowest BCUT2D eigenvalue weighted by Gasteiger charge is -2.18. The number of aromatic nitrogens is 3. The van der Waals surface area contributed by atoms with Crippen LogP contribution in [0.15, 0.2) is 4.79 Å². The summed E-state index contributed by atoms with van der Waals surface area (Å²) in [7, 11) is 3.35. The van der Waals surface area contributed by atoms with E-state index < -0.39 is 0 Å². The number of nitrogens with zero attached hydrogens (tertiary/aromatic N) is 3. The van der Waals surface area contributed by atoms with Crippen molar-refractivity contribution in [1.29, 1.82) is 0 Å². The number of anilines is 1. The normalized spacial score (nSPS) is 11.3. The van der Waals surface area contributed by atoms with Crippen molar-refractivity contribution in [1.82, 2.24) is 14.9 Å². The Balaban J connectivity index is 3.43. The zero-order chi connectivity index (χ0) is 11.6. The fourth-order valence-corrected chi connectivity index (χ4v) is 1.23. The van der Waals surface area contributed by atoms with Crippen LogP contribution in [0.5, 0.6) is 0 Å². The van der Waals surface area contributed by atoms with Crippen LogP contribution in [0.2, 0.25) is 0 Å². The first kappa shape index (κ1) is 11.5. The van der Waals surface area contributed by atoms with E-state index in [1.807, 2.05) is 20.8 Å². The summed E-state index contributed by atoms with van der Waals surface area (Å²) in [6.45, 7) is 5.78. The SMILES string of the molecule is CNc1nnc(C(C)(C)C)c(=O)n1NC. The minimum absolute atomic E-state index is 0.177. The lowest BCUT2D eigenvalue weighted by molar-refractivity contribution is 0.537. The van der Waals surface area contributed by atoms with Crippen molar-refractivity contribution in [3.63, 3.8) is 0 Å². The Morgan fingerprint density at radius 2 is 1.80 bits per heavy atom. The molecule has 0 unspecified atom stereocenters. The van der Waals surface area contributed by atoms with Crippen LogP contribution in [-0.4, -0.2) is 29.0 Å². The van der Waals surface area contributed by atoms with Gasteiger partial charge in [-0.05, 0) is 0 Å². The van der Waals surface area contributed by atoms with Crippen LogP contribution in [0, 0.1) is 0 Å². The van der Waals surface area contributed by atoms with E-state index in [1.165, 1.54) is 4.68 Å². The van der Waals surface area contributed by atoms with Crippen molar-refractivity contribution in [2.75, 3.05) is 24.8 Å². The standard InChI is InChI=1S/C9H17N5O/c1-9(2,3)6-7(15)14(11-5)8(10-4)13-12-6/h11H,1-5H3,(H,10,13). The average Bonchev–Trinajstić information content (AvgIpc) is 2.15. The molecule has 0 bridgehead atoms. The monoisotopic (exact) mass is 211 g/mol. The zero-order valence-corrected chi connectivity index (χ0v) is 9.75. The van der Waals surface area contributed by atoms with E-state index in [-0.39, 0.29) is 11.0 Å². The molecule has 0 atom stereocenters. The molecule has 0 saturated carbocycles. The molecule has 6 heteroatoms. The fourth-order valence-electron chi connectivity index (χ4n) is 1.23. The van der Waals surface area contributed by atoms with E-state index in [9.17, 15) is 4.79 Å². The van der Waals surface area contributed by atoms with Gasteiger partial charge >= 0.3 is 0 Å². The lowest BCUT2D eigenvalue weighted by atomic mass is 9.93. The smallest absolute Gasteiger partial charge is 0.296 e. The third-order valence-corrected chi connectivity index (χ3v) is 2.02. The van der Waals surface area contributed by atoms with Gasteiger partial charge in [0.15, 0.2) is 0 Å². The van der Waals surface area contributed by atoms with Crippen LogP contribution < -0.4 is 16.3 Å². The van der Waals surface area contributed by atoms with Gasteiger partial charge in [-0.1, -0.05) is 20.8 Å². The third kappa shape index (κ3) is 2.08. The van der Waals surface area contributed by atoms with Gasteiger partial charge in [0.1, 0.15) is 5.69 Å². The third-order valence-electron chi connectivity index (χ3n) is 2.02. The molecule has 6 nitrogen and oxygen atoms in total. The molecular formula is C9H17N5O. The molecule has 0 radical (unpaired) electrons. The van der Waals surface area contributed by atoms with Crippen molar-refractivity contribution in [3.8, 4) is 0 Å². The Kier molecular flexibility index (Phi) is 2.97. The maximum atomic E-state index is 12.0. The van der Waals surface area contributed by atoms with Gasteiger partial charge in [0.2, 0.25) is 5.95 Å². The molecule has 84 valence electrons. The topological polar surface area (TPSA) is 71.8 Å². The minimum atomic E-state index is -0.311. The molecule has 0 fully saturated rings. The quantitative estimate of drug-likeness (QED) is 0.728. The van der Waals surface area contributed by atoms with Crippen LogP contribution >= 0.6 is 0 Å². The maximum absolute atomic E-state index is 12.0. The van der Waals surface area contributed by atoms with E-state index >= 15 is 0 Å². The summed E-state index contributed by atoms with van der Waals surface area (Å²) in [5.41, 5.74) is 2.72. The highest BCUT2D eigenvalue weighted by Gasteiger charge is 2.22. The first-order valence-corrected chi connectivity index (χ1v) is 4.77. The molecule has 0 spiro atoms. The molecule has 0 saturated heterocycles. The van der Waals surface area contributed by atoms with Crippen LogP contribution in [0.1, 0.15) is 26.5 Å². The highest BCUT2D eigenvalue weighted by atomic mass is 16.1. The summed E-state index contributed by atoms with van der Waals surface area (Å²) in [5.74, 6) is 0.399. The average molecular weight is 211 g/mol. The summed E-state index contributed by atoms with van der Waals surface area (Å²) in [6.07, 6.45) is 0. The molecule has 0 amide bonds. The Bertz CT molecular complexity index is 404. The van der Waals surface area contributed by atoms with Crippen LogP contribution in [-0.2, 0) is 5.41 Å². The van der Waals surface area contributed by atoms with Crippen LogP contribution in [0.4, 0.5) is 5.95 Å². The Morgan fingerprint density at radius 3 is 2.20 bits per heavy atom. The van der Waals surface area contributed by atoms with Gasteiger partial charge in [-0.25, -0.2) is 0 Å². The van der Waals surface area contributed by atoms with Crippen molar-refractivity contribution in [2.24, 2.45) is 0 Å². The molecule has 1 aromatic rings. The maximum Gasteiger partial charge on any atom is 0.296 e.